The highest BCUT2D eigenvalue weighted by Crippen LogP contribution is 2.44. The largest absolute Gasteiger partial charge is 0.456 e. The fourth-order valence-corrected chi connectivity index (χ4v) is 6.89. The summed E-state index contributed by atoms with van der Waals surface area (Å²) in [6, 6.07) is 37.0. The minimum absolute atomic E-state index is 0.913. The fourth-order valence-electron chi connectivity index (χ4n) is 5.79. The summed E-state index contributed by atoms with van der Waals surface area (Å²) in [5.41, 5.74) is 8.09. The van der Waals surface area contributed by atoms with Crippen molar-refractivity contribution >= 4 is 76.6 Å². The number of allylic oxidation sites excluding steroid dienone is 1. The zero-order valence-corrected chi connectivity index (χ0v) is 21.0. The second-order valence-electron chi connectivity index (χ2n) is 9.68. The van der Waals surface area contributed by atoms with Crippen molar-refractivity contribution in [3.05, 3.63) is 120 Å². The maximum absolute atomic E-state index is 6.12. The summed E-state index contributed by atoms with van der Waals surface area (Å²) >= 11 is 1.89. The van der Waals surface area contributed by atoms with Crippen LogP contribution in [0, 0.1) is 0 Å². The molecule has 176 valence electrons. The summed E-state index contributed by atoms with van der Waals surface area (Å²) in [7, 11) is 0. The lowest BCUT2D eigenvalue weighted by atomic mass is 9.93. The van der Waals surface area contributed by atoms with Gasteiger partial charge in [-0.1, -0.05) is 54.6 Å². The number of nitrogens with zero attached hydrogens (tertiary/aromatic N) is 1. The van der Waals surface area contributed by atoms with Gasteiger partial charge in [0.15, 0.2) is 0 Å². The normalized spacial score (nSPS) is 13.1. The third-order valence-corrected chi connectivity index (χ3v) is 8.64. The first-order chi connectivity index (χ1) is 18.3. The molecule has 0 saturated heterocycles. The van der Waals surface area contributed by atoms with E-state index in [0.29, 0.717) is 0 Å². The van der Waals surface area contributed by atoms with E-state index in [2.05, 4.69) is 108 Å². The Morgan fingerprint density at radius 3 is 2.30 bits per heavy atom. The van der Waals surface area contributed by atoms with Crippen molar-refractivity contribution in [2.45, 2.75) is 12.8 Å². The van der Waals surface area contributed by atoms with Crippen LogP contribution in [0.1, 0.15) is 17.5 Å². The Labute approximate surface area is 218 Å². The van der Waals surface area contributed by atoms with Crippen molar-refractivity contribution < 1.29 is 4.42 Å². The van der Waals surface area contributed by atoms with Crippen LogP contribution < -0.4 is 4.90 Å². The lowest BCUT2D eigenvalue weighted by Crippen LogP contribution is -2.09. The summed E-state index contributed by atoms with van der Waals surface area (Å²) in [5.74, 6) is 0. The molecule has 0 bridgehead atoms. The highest BCUT2D eigenvalue weighted by molar-refractivity contribution is 7.25. The molecule has 2 aromatic heterocycles. The second kappa shape index (κ2) is 8.09. The maximum Gasteiger partial charge on any atom is 0.135 e. The summed E-state index contributed by atoms with van der Waals surface area (Å²) in [5, 5.41) is 5.00. The van der Waals surface area contributed by atoms with Crippen LogP contribution in [0.4, 0.5) is 17.1 Å². The van der Waals surface area contributed by atoms with Crippen molar-refractivity contribution in [2.75, 3.05) is 4.90 Å². The Bertz CT molecular complexity index is 1990. The van der Waals surface area contributed by atoms with Gasteiger partial charge in [0.1, 0.15) is 11.2 Å². The average molecular weight is 494 g/mol. The molecule has 5 aromatic carbocycles. The first kappa shape index (κ1) is 20.8. The molecule has 0 aliphatic heterocycles. The molecule has 0 saturated carbocycles. The van der Waals surface area contributed by atoms with Gasteiger partial charge in [-0.15, -0.1) is 11.3 Å². The van der Waals surface area contributed by atoms with Crippen LogP contribution in [0.5, 0.6) is 0 Å². The molecule has 0 N–H and O–H groups in total. The number of benzene rings is 5. The third kappa shape index (κ3) is 3.24. The van der Waals surface area contributed by atoms with Gasteiger partial charge >= 0.3 is 0 Å². The van der Waals surface area contributed by atoms with E-state index in [-0.39, 0.29) is 0 Å². The first-order valence-corrected chi connectivity index (χ1v) is 13.6. The van der Waals surface area contributed by atoms with Gasteiger partial charge in [0.2, 0.25) is 0 Å². The number of thiophene rings is 1. The van der Waals surface area contributed by atoms with Crippen LogP contribution in [0.3, 0.4) is 0 Å². The molecule has 1 aliphatic carbocycles. The van der Waals surface area contributed by atoms with E-state index in [1.165, 1.54) is 31.3 Å². The quantitative estimate of drug-likeness (QED) is 0.243. The molecule has 1 aliphatic rings. The Hall–Kier alpha value is -4.34. The molecule has 0 radical (unpaired) electrons. The molecule has 0 amide bonds. The molecule has 0 unspecified atom stereocenters. The minimum atomic E-state index is 0.913. The Morgan fingerprint density at radius 1 is 0.622 bits per heavy atom. The monoisotopic (exact) mass is 493 g/mol. The van der Waals surface area contributed by atoms with Gasteiger partial charge in [-0.25, -0.2) is 0 Å². The zero-order valence-electron chi connectivity index (χ0n) is 20.1. The first-order valence-electron chi connectivity index (χ1n) is 12.7. The summed E-state index contributed by atoms with van der Waals surface area (Å²) < 4.78 is 8.81. The predicted octanol–water partition coefficient (Wildman–Crippen LogP) is 10.4. The highest BCUT2D eigenvalue weighted by atomic mass is 32.1. The zero-order chi connectivity index (χ0) is 24.3. The van der Waals surface area contributed by atoms with Crippen LogP contribution in [-0.2, 0) is 6.42 Å². The summed E-state index contributed by atoms with van der Waals surface area (Å²) in [6.45, 7) is 0. The topological polar surface area (TPSA) is 16.4 Å². The number of aryl methyl sites for hydroxylation is 1. The molecule has 3 heteroatoms. The van der Waals surface area contributed by atoms with Crippen LogP contribution in [0.2, 0.25) is 0 Å². The molecule has 7 aromatic rings. The number of fused-ring (bicyclic) bond motifs is 8. The maximum atomic E-state index is 6.12. The van der Waals surface area contributed by atoms with E-state index >= 15 is 0 Å². The summed E-state index contributed by atoms with van der Waals surface area (Å²) in [6.07, 6.45) is 6.88. The minimum Gasteiger partial charge on any atom is -0.456 e. The Kier molecular flexibility index (Phi) is 4.55. The fraction of sp³-hybridized carbons (Fsp3) is 0.0588. The van der Waals surface area contributed by atoms with E-state index in [0.717, 1.165) is 51.8 Å². The van der Waals surface area contributed by atoms with E-state index in [4.69, 9.17) is 4.42 Å². The van der Waals surface area contributed by atoms with E-state index in [1.54, 1.807) is 0 Å². The van der Waals surface area contributed by atoms with E-state index in [1.807, 2.05) is 23.5 Å². The predicted molar refractivity (Wildman–Crippen MR) is 159 cm³/mol. The van der Waals surface area contributed by atoms with Gasteiger partial charge < -0.3 is 9.32 Å². The van der Waals surface area contributed by atoms with Gasteiger partial charge in [-0.3, -0.25) is 0 Å². The van der Waals surface area contributed by atoms with Gasteiger partial charge in [0.05, 0.1) is 0 Å². The molecule has 0 fully saturated rings. The number of furan rings is 1. The third-order valence-electron chi connectivity index (χ3n) is 7.51. The van der Waals surface area contributed by atoms with E-state index in [9.17, 15) is 0 Å². The SMILES string of the molecule is C1=Cc2c(ccc3sc4ccc(N(c5ccccc5)c5ccc6oc7ccccc7c6c5)cc4c23)CC1. The van der Waals surface area contributed by atoms with Crippen molar-refractivity contribution in [2.24, 2.45) is 0 Å². The van der Waals surface area contributed by atoms with Gasteiger partial charge in [0.25, 0.3) is 0 Å². The highest BCUT2D eigenvalue weighted by Gasteiger charge is 2.18. The lowest BCUT2D eigenvalue weighted by molar-refractivity contribution is 0.669. The number of anilines is 3. The van der Waals surface area contributed by atoms with E-state index < -0.39 is 0 Å². The van der Waals surface area contributed by atoms with Crippen molar-refractivity contribution in [3.8, 4) is 0 Å². The average Bonchev–Trinajstić information content (AvgIpc) is 3.52. The standard InChI is InChI=1S/C34H23NOS/c1-2-9-23(10-3-1)35(24-15-17-31-28(20-24)27-12-6-7-13-30(27)36-31)25-16-19-32-29(21-25)34-26-11-5-4-8-22(26)14-18-33(34)37-32/h1-3,5-7,9-21H,4,8H2. The molecule has 2 nitrogen and oxygen atoms in total. The molecule has 8 rings (SSSR count). The smallest absolute Gasteiger partial charge is 0.135 e. The molecular weight excluding hydrogens is 470 g/mol. The number of hydrogen-bond acceptors (Lipinski definition) is 3. The van der Waals surface area contributed by atoms with Gasteiger partial charge in [0, 0.05) is 48.0 Å². The van der Waals surface area contributed by atoms with Crippen LogP contribution in [-0.4, -0.2) is 0 Å². The van der Waals surface area contributed by atoms with Crippen molar-refractivity contribution in [1.29, 1.82) is 0 Å². The molecule has 0 atom stereocenters. The summed E-state index contributed by atoms with van der Waals surface area (Å²) in [4.78, 5) is 2.36. The molecule has 37 heavy (non-hydrogen) atoms. The van der Waals surface area contributed by atoms with Gasteiger partial charge in [-0.05, 0) is 84.6 Å². The number of para-hydroxylation sites is 2. The second-order valence-corrected chi connectivity index (χ2v) is 10.8. The van der Waals surface area contributed by atoms with Crippen LogP contribution in [0.15, 0.2) is 114 Å². The van der Waals surface area contributed by atoms with Gasteiger partial charge in [-0.2, -0.15) is 0 Å². The van der Waals surface area contributed by atoms with Crippen LogP contribution in [0.25, 0.3) is 48.2 Å². The van der Waals surface area contributed by atoms with Crippen molar-refractivity contribution in [1.82, 2.24) is 0 Å². The number of hydrogen-bond donors (Lipinski definition) is 0. The lowest BCUT2D eigenvalue weighted by Gasteiger charge is -2.25. The molecule has 2 heterocycles. The number of rotatable bonds is 3. The Morgan fingerprint density at radius 2 is 1.38 bits per heavy atom. The Balaban J connectivity index is 1.38. The van der Waals surface area contributed by atoms with Crippen LogP contribution >= 0.6 is 11.3 Å². The van der Waals surface area contributed by atoms with Crippen molar-refractivity contribution in [3.63, 3.8) is 0 Å². The molecule has 0 spiro atoms. The molecular formula is C34H23NOS.